The Kier molecular flexibility index (Phi) is 6.81. The fourth-order valence-electron chi connectivity index (χ4n) is 2.84. The average Bonchev–Trinajstić information content (AvgIpc) is 3.00. The van der Waals surface area contributed by atoms with E-state index in [0.29, 0.717) is 12.1 Å². The highest BCUT2D eigenvalue weighted by molar-refractivity contribution is 8.00. The van der Waals surface area contributed by atoms with Gasteiger partial charge in [0, 0.05) is 30.0 Å². The van der Waals surface area contributed by atoms with Crippen LogP contribution < -0.4 is 5.32 Å². The van der Waals surface area contributed by atoms with Crippen LogP contribution in [0.2, 0.25) is 0 Å². The van der Waals surface area contributed by atoms with Gasteiger partial charge in [-0.05, 0) is 50.1 Å². The van der Waals surface area contributed by atoms with Crippen LogP contribution in [-0.4, -0.2) is 47.9 Å². The smallest absolute Gasteiger partial charge is 0.242 e. The number of sulfonamides is 1. The second-order valence-electron chi connectivity index (χ2n) is 6.96. The number of fused-ring (bicyclic) bond motifs is 1. The quantitative estimate of drug-likeness (QED) is 0.419. The van der Waals surface area contributed by atoms with Gasteiger partial charge in [-0.15, -0.1) is 11.3 Å². The zero-order valence-electron chi connectivity index (χ0n) is 17.5. The number of anilines is 1. The highest BCUT2D eigenvalue weighted by Crippen LogP contribution is 2.36. The normalized spacial score (nSPS) is 13.0. The lowest BCUT2D eigenvalue weighted by Crippen LogP contribution is -2.25. The second kappa shape index (κ2) is 9.01. The predicted octanol–water partition coefficient (Wildman–Crippen LogP) is 4.07. The molecule has 1 atom stereocenters. The first-order chi connectivity index (χ1) is 14.1. The predicted molar refractivity (Wildman–Crippen MR) is 123 cm³/mol. The summed E-state index contributed by atoms with van der Waals surface area (Å²) in [4.78, 5) is 23.9. The summed E-state index contributed by atoms with van der Waals surface area (Å²) in [6.45, 7) is 6.06. The number of benzene rings is 1. The van der Waals surface area contributed by atoms with E-state index in [9.17, 15) is 13.2 Å². The van der Waals surface area contributed by atoms with Crippen LogP contribution in [0.1, 0.15) is 23.8 Å². The molecule has 0 aliphatic carbocycles. The minimum absolute atomic E-state index is 0.151. The van der Waals surface area contributed by atoms with E-state index in [-0.39, 0.29) is 16.1 Å². The van der Waals surface area contributed by atoms with Crippen molar-refractivity contribution < 1.29 is 13.2 Å². The van der Waals surface area contributed by atoms with Crippen molar-refractivity contribution in [3.05, 3.63) is 41.0 Å². The van der Waals surface area contributed by atoms with Crippen molar-refractivity contribution in [2.24, 2.45) is 0 Å². The van der Waals surface area contributed by atoms with E-state index < -0.39 is 10.0 Å². The van der Waals surface area contributed by atoms with Crippen LogP contribution in [0.25, 0.3) is 10.2 Å². The van der Waals surface area contributed by atoms with Gasteiger partial charge in [-0.25, -0.2) is 22.7 Å². The van der Waals surface area contributed by atoms with Crippen molar-refractivity contribution in [2.45, 2.75) is 42.4 Å². The van der Waals surface area contributed by atoms with Crippen molar-refractivity contribution in [1.29, 1.82) is 0 Å². The minimum Gasteiger partial charge on any atom is -0.325 e. The monoisotopic (exact) mass is 464 g/mol. The van der Waals surface area contributed by atoms with Crippen LogP contribution in [0.15, 0.2) is 40.5 Å². The van der Waals surface area contributed by atoms with Crippen molar-refractivity contribution in [3.63, 3.8) is 0 Å². The summed E-state index contributed by atoms with van der Waals surface area (Å²) in [6, 6.07) is 6.18. The van der Waals surface area contributed by atoms with E-state index in [1.807, 2.05) is 13.8 Å². The lowest BCUT2D eigenvalue weighted by molar-refractivity contribution is -0.115. The Labute approximate surface area is 185 Å². The number of nitrogens with one attached hydrogen (secondary N) is 1. The number of carbonyl (C=O) groups is 1. The molecule has 0 saturated heterocycles. The van der Waals surface area contributed by atoms with E-state index in [1.165, 1.54) is 49.2 Å². The Bertz CT molecular complexity index is 1170. The van der Waals surface area contributed by atoms with E-state index in [0.717, 1.165) is 25.1 Å². The highest BCUT2D eigenvalue weighted by atomic mass is 32.2. The molecule has 0 aliphatic heterocycles. The molecular formula is C20H24N4O3S3. The van der Waals surface area contributed by atoms with Crippen LogP contribution >= 0.6 is 23.1 Å². The number of thiophene rings is 1. The summed E-state index contributed by atoms with van der Waals surface area (Å²) >= 11 is 3.05. The van der Waals surface area contributed by atoms with Crippen LogP contribution in [0.3, 0.4) is 0 Å². The van der Waals surface area contributed by atoms with Gasteiger partial charge in [-0.2, -0.15) is 0 Å². The maximum Gasteiger partial charge on any atom is 0.242 e. The molecule has 0 bridgehead atoms. The maximum atomic E-state index is 12.9. The van der Waals surface area contributed by atoms with Gasteiger partial charge < -0.3 is 5.32 Å². The first kappa shape index (κ1) is 22.7. The molecule has 1 unspecified atom stereocenters. The van der Waals surface area contributed by atoms with Crippen molar-refractivity contribution in [1.82, 2.24) is 14.3 Å². The topological polar surface area (TPSA) is 92.3 Å². The number of aromatic nitrogens is 2. The molecule has 0 radical (unpaired) electrons. The zero-order chi connectivity index (χ0) is 22.1. The van der Waals surface area contributed by atoms with Gasteiger partial charge in [-0.3, -0.25) is 4.79 Å². The molecule has 10 heteroatoms. The second-order valence-corrected chi connectivity index (χ2v) is 11.5. The molecule has 30 heavy (non-hydrogen) atoms. The fourth-order valence-corrected chi connectivity index (χ4v) is 5.88. The molecule has 1 aromatic carbocycles. The van der Waals surface area contributed by atoms with Crippen LogP contribution in [0, 0.1) is 13.8 Å². The van der Waals surface area contributed by atoms with Crippen molar-refractivity contribution in [2.75, 3.05) is 19.4 Å². The van der Waals surface area contributed by atoms with Gasteiger partial charge in [0.15, 0.2) is 0 Å². The van der Waals surface area contributed by atoms with Crippen molar-refractivity contribution >= 4 is 54.9 Å². The number of thioether (sulfide) groups is 1. The highest BCUT2D eigenvalue weighted by Gasteiger charge is 2.22. The van der Waals surface area contributed by atoms with E-state index in [1.54, 1.807) is 23.5 Å². The van der Waals surface area contributed by atoms with Crippen LogP contribution in [-0.2, 0) is 14.8 Å². The number of hydrogen-bond donors (Lipinski definition) is 1. The summed E-state index contributed by atoms with van der Waals surface area (Å²) in [7, 11) is -0.541. The minimum atomic E-state index is -3.50. The lowest BCUT2D eigenvalue weighted by Gasteiger charge is -2.16. The molecule has 0 saturated carbocycles. The van der Waals surface area contributed by atoms with Gasteiger partial charge in [0.25, 0.3) is 0 Å². The molecular weight excluding hydrogens is 440 g/mol. The largest absolute Gasteiger partial charge is 0.325 e. The zero-order valence-corrected chi connectivity index (χ0v) is 19.9. The van der Waals surface area contributed by atoms with E-state index in [4.69, 9.17) is 0 Å². The molecule has 1 N–H and O–H groups in total. The first-order valence-electron chi connectivity index (χ1n) is 9.36. The molecule has 0 aliphatic rings. The summed E-state index contributed by atoms with van der Waals surface area (Å²) in [5.74, 6) is -0.151. The fraction of sp³-hybridized carbons (Fsp3) is 0.350. The number of amides is 1. The maximum absolute atomic E-state index is 12.9. The molecule has 7 nitrogen and oxygen atoms in total. The Balaban J connectivity index is 1.78. The molecule has 0 fully saturated rings. The first-order valence-corrected chi connectivity index (χ1v) is 12.5. The van der Waals surface area contributed by atoms with Crippen molar-refractivity contribution in [3.8, 4) is 0 Å². The summed E-state index contributed by atoms with van der Waals surface area (Å²) in [5.41, 5.74) is 1.69. The summed E-state index contributed by atoms with van der Waals surface area (Å²) in [5, 5.41) is 4.35. The van der Waals surface area contributed by atoms with Gasteiger partial charge in [-0.1, -0.05) is 18.7 Å². The summed E-state index contributed by atoms with van der Waals surface area (Å²) in [6.07, 6.45) is 2.16. The lowest BCUT2D eigenvalue weighted by atomic mass is 10.2. The Morgan fingerprint density at radius 1 is 1.20 bits per heavy atom. The van der Waals surface area contributed by atoms with Gasteiger partial charge >= 0.3 is 0 Å². The van der Waals surface area contributed by atoms with E-state index >= 15 is 0 Å². The summed E-state index contributed by atoms with van der Waals surface area (Å²) < 4.78 is 25.5. The average molecular weight is 465 g/mol. The molecule has 3 aromatic rings. The third kappa shape index (κ3) is 4.51. The number of carbonyl (C=O) groups excluding carboxylic acids is 1. The number of rotatable bonds is 7. The number of hydrogen-bond acceptors (Lipinski definition) is 7. The Morgan fingerprint density at radius 2 is 1.87 bits per heavy atom. The molecule has 160 valence electrons. The van der Waals surface area contributed by atoms with E-state index in [2.05, 4.69) is 22.2 Å². The Hall–Kier alpha value is -2.01. The van der Waals surface area contributed by atoms with Crippen LogP contribution in [0.5, 0.6) is 0 Å². The molecule has 3 rings (SSSR count). The molecule has 2 aromatic heterocycles. The SMILES string of the molecule is CCC(Sc1ncnc2sc(C)c(C)c12)C(=O)Nc1ccc(S(=O)(=O)N(C)C)cc1. The molecule has 2 heterocycles. The number of aryl methyl sites for hydroxylation is 2. The molecule has 0 spiro atoms. The van der Waals surface area contributed by atoms with Gasteiger partial charge in [0.2, 0.25) is 15.9 Å². The van der Waals surface area contributed by atoms with Gasteiger partial charge in [0.05, 0.1) is 10.1 Å². The Morgan fingerprint density at radius 3 is 2.47 bits per heavy atom. The van der Waals surface area contributed by atoms with Crippen LogP contribution in [0.4, 0.5) is 5.69 Å². The standard InChI is InChI=1S/C20H24N4O3S3/c1-6-16(29-20-17-12(2)13(3)28-19(17)21-11-22-20)18(25)23-14-7-9-15(10-8-14)30(26,27)24(4)5/h7-11,16H,6H2,1-5H3,(H,23,25). The molecule has 1 amide bonds. The third-order valence-electron chi connectivity index (χ3n) is 4.75. The van der Waals surface area contributed by atoms with Gasteiger partial charge in [0.1, 0.15) is 16.2 Å². The third-order valence-corrected chi connectivity index (χ3v) is 9.06. The number of nitrogens with zero attached hydrogens (tertiary/aromatic N) is 3.